The van der Waals surface area contributed by atoms with Gasteiger partial charge in [-0.3, -0.25) is 9.69 Å². The highest BCUT2D eigenvalue weighted by molar-refractivity contribution is 7.13. The smallest absolute Gasteiger partial charge is 0.243 e. The largest absolute Gasteiger partial charge is 0.319 e. The molecule has 1 saturated heterocycles. The lowest BCUT2D eigenvalue weighted by atomic mass is 9.87. The molecule has 1 aromatic heterocycles. The number of thiazole rings is 1. The number of hydrogen-bond acceptors (Lipinski definition) is 5. The maximum absolute atomic E-state index is 12.1. The summed E-state index contributed by atoms with van der Waals surface area (Å²) >= 11 is 1.47. The number of rotatable bonds is 4. The van der Waals surface area contributed by atoms with Gasteiger partial charge in [-0.2, -0.15) is 0 Å². The number of halogens is 2. The van der Waals surface area contributed by atoms with E-state index >= 15 is 0 Å². The molecule has 5 nitrogen and oxygen atoms in total. The number of carbonyl (C=O) groups excluding carboxylic acids is 1. The van der Waals surface area contributed by atoms with E-state index in [0.29, 0.717) is 5.13 Å². The van der Waals surface area contributed by atoms with E-state index in [4.69, 9.17) is 5.73 Å². The van der Waals surface area contributed by atoms with Gasteiger partial charge in [-0.05, 0) is 31.3 Å². The highest BCUT2D eigenvalue weighted by Gasteiger charge is 2.28. The molecule has 1 fully saturated rings. The Morgan fingerprint density at radius 1 is 1.35 bits per heavy atom. The standard InChI is InChI=1S/C15H26N4OS.2ClH/c1-15(2,3)12(16)13(20)18-14-17-11(10-21-14)9-19-7-5-4-6-8-19;;/h10,12H,4-9,16H2,1-3H3,(H,17,18,20);2*1H/t12-;;/m1../s1. The summed E-state index contributed by atoms with van der Waals surface area (Å²) < 4.78 is 0. The summed E-state index contributed by atoms with van der Waals surface area (Å²) in [5.41, 5.74) is 6.73. The second-order valence-corrected chi connectivity index (χ2v) is 7.67. The van der Waals surface area contributed by atoms with Crippen molar-refractivity contribution in [2.24, 2.45) is 11.1 Å². The average Bonchev–Trinajstić information content (AvgIpc) is 2.85. The normalized spacial score (nSPS) is 16.9. The Balaban J connectivity index is 0.00000242. The number of likely N-dealkylation sites (tertiary alicyclic amines) is 1. The molecule has 0 radical (unpaired) electrons. The molecule has 1 aliphatic heterocycles. The molecule has 2 heterocycles. The lowest BCUT2D eigenvalue weighted by Gasteiger charge is -2.25. The molecule has 23 heavy (non-hydrogen) atoms. The predicted molar refractivity (Wildman–Crippen MR) is 102 cm³/mol. The summed E-state index contributed by atoms with van der Waals surface area (Å²) in [4.78, 5) is 19.0. The van der Waals surface area contributed by atoms with Gasteiger partial charge in [0.2, 0.25) is 5.91 Å². The topological polar surface area (TPSA) is 71.2 Å². The third-order valence-electron chi connectivity index (χ3n) is 3.83. The summed E-state index contributed by atoms with van der Waals surface area (Å²) in [6.45, 7) is 9.04. The summed E-state index contributed by atoms with van der Waals surface area (Å²) in [6, 6.07) is -0.535. The second kappa shape index (κ2) is 9.79. The van der Waals surface area contributed by atoms with Crippen LogP contribution >= 0.6 is 36.2 Å². The molecule has 2 rings (SSSR count). The highest BCUT2D eigenvalue weighted by Crippen LogP contribution is 2.22. The quantitative estimate of drug-likeness (QED) is 0.837. The van der Waals surface area contributed by atoms with E-state index in [1.807, 2.05) is 26.2 Å². The van der Waals surface area contributed by atoms with Gasteiger partial charge in [0, 0.05) is 11.9 Å². The van der Waals surface area contributed by atoms with Crippen LogP contribution in [-0.4, -0.2) is 34.9 Å². The first-order valence-corrected chi connectivity index (χ1v) is 8.47. The molecule has 1 atom stereocenters. The van der Waals surface area contributed by atoms with E-state index in [9.17, 15) is 4.79 Å². The fraction of sp³-hybridized carbons (Fsp3) is 0.733. The third-order valence-corrected chi connectivity index (χ3v) is 4.64. The molecule has 8 heteroatoms. The molecule has 0 bridgehead atoms. The zero-order valence-electron chi connectivity index (χ0n) is 14.0. The minimum atomic E-state index is -0.535. The second-order valence-electron chi connectivity index (χ2n) is 6.81. The molecular formula is C15H28Cl2N4OS. The first-order chi connectivity index (χ1) is 9.86. The minimum Gasteiger partial charge on any atom is -0.319 e. The molecule has 134 valence electrons. The van der Waals surface area contributed by atoms with Crippen LogP contribution < -0.4 is 11.1 Å². The van der Waals surface area contributed by atoms with Crippen LogP contribution in [0.15, 0.2) is 5.38 Å². The van der Waals surface area contributed by atoms with E-state index in [1.54, 1.807) is 0 Å². The zero-order valence-corrected chi connectivity index (χ0v) is 16.5. The zero-order chi connectivity index (χ0) is 15.5. The van der Waals surface area contributed by atoms with Crippen molar-refractivity contribution in [2.45, 2.75) is 52.6 Å². The number of nitrogens with two attached hydrogens (primary N) is 1. The van der Waals surface area contributed by atoms with Gasteiger partial charge >= 0.3 is 0 Å². The Kier molecular flexibility index (Phi) is 9.62. The maximum atomic E-state index is 12.1. The number of amides is 1. The molecule has 1 aliphatic rings. The molecule has 0 saturated carbocycles. The number of carbonyl (C=O) groups is 1. The van der Waals surface area contributed by atoms with Crippen molar-refractivity contribution in [2.75, 3.05) is 18.4 Å². The molecule has 1 aromatic rings. The van der Waals surface area contributed by atoms with Crippen molar-refractivity contribution in [3.05, 3.63) is 11.1 Å². The first kappa shape index (κ1) is 22.6. The maximum Gasteiger partial charge on any atom is 0.243 e. The van der Waals surface area contributed by atoms with Crippen LogP contribution in [0.25, 0.3) is 0 Å². The number of nitrogens with zero attached hydrogens (tertiary/aromatic N) is 2. The summed E-state index contributed by atoms with van der Waals surface area (Å²) in [6.07, 6.45) is 3.88. The number of aromatic nitrogens is 1. The lowest BCUT2D eigenvalue weighted by Crippen LogP contribution is -2.45. The van der Waals surface area contributed by atoms with Crippen molar-refractivity contribution in [1.29, 1.82) is 0 Å². The summed E-state index contributed by atoms with van der Waals surface area (Å²) in [5, 5.41) is 5.50. The first-order valence-electron chi connectivity index (χ1n) is 7.59. The fourth-order valence-corrected chi connectivity index (χ4v) is 3.06. The van der Waals surface area contributed by atoms with Crippen LogP contribution in [0.2, 0.25) is 0 Å². The molecule has 0 aromatic carbocycles. The van der Waals surface area contributed by atoms with E-state index in [2.05, 4.69) is 15.2 Å². The van der Waals surface area contributed by atoms with Crippen LogP contribution in [-0.2, 0) is 11.3 Å². The Labute approximate surface area is 155 Å². The molecule has 0 aliphatic carbocycles. The number of nitrogens with one attached hydrogen (secondary N) is 1. The Bertz CT molecular complexity index is 484. The number of piperidine rings is 1. The molecule has 1 amide bonds. The third kappa shape index (κ3) is 6.93. The molecular weight excluding hydrogens is 355 g/mol. The van der Waals surface area contributed by atoms with Crippen molar-refractivity contribution in [3.8, 4) is 0 Å². The van der Waals surface area contributed by atoms with Gasteiger partial charge in [0.25, 0.3) is 0 Å². The Hall–Kier alpha value is -0.400. The van der Waals surface area contributed by atoms with Crippen LogP contribution in [0.4, 0.5) is 5.13 Å². The van der Waals surface area contributed by atoms with Gasteiger partial charge < -0.3 is 11.1 Å². The Morgan fingerprint density at radius 3 is 2.52 bits per heavy atom. The Morgan fingerprint density at radius 2 is 1.96 bits per heavy atom. The van der Waals surface area contributed by atoms with E-state index < -0.39 is 6.04 Å². The molecule has 3 N–H and O–H groups in total. The van der Waals surface area contributed by atoms with Crippen molar-refractivity contribution < 1.29 is 4.79 Å². The van der Waals surface area contributed by atoms with Crippen LogP contribution in [0.5, 0.6) is 0 Å². The van der Waals surface area contributed by atoms with Crippen molar-refractivity contribution in [3.63, 3.8) is 0 Å². The molecule has 0 unspecified atom stereocenters. The van der Waals surface area contributed by atoms with Crippen molar-refractivity contribution >= 4 is 47.2 Å². The minimum absolute atomic E-state index is 0. The van der Waals surface area contributed by atoms with Gasteiger partial charge in [-0.25, -0.2) is 4.98 Å². The van der Waals surface area contributed by atoms with Gasteiger partial charge in [0.15, 0.2) is 5.13 Å². The predicted octanol–water partition coefficient (Wildman–Crippen LogP) is 3.28. The van der Waals surface area contributed by atoms with Gasteiger partial charge in [-0.15, -0.1) is 36.2 Å². The number of anilines is 1. The average molecular weight is 383 g/mol. The fourth-order valence-electron chi connectivity index (χ4n) is 2.36. The van der Waals surface area contributed by atoms with Crippen LogP contribution in [0.3, 0.4) is 0 Å². The summed E-state index contributed by atoms with van der Waals surface area (Å²) in [5.74, 6) is -0.165. The van der Waals surface area contributed by atoms with E-state index in [1.165, 1.54) is 30.6 Å². The van der Waals surface area contributed by atoms with Crippen LogP contribution in [0, 0.1) is 5.41 Å². The highest BCUT2D eigenvalue weighted by atomic mass is 35.5. The van der Waals surface area contributed by atoms with Gasteiger partial charge in [0.05, 0.1) is 11.7 Å². The van der Waals surface area contributed by atoms with Crippen molar-refractivity contribution in [1.82, 2.24) is 9.88 Å². The van der Waals surface area contributed by atoms with E-state index in [0.717, 1.165) is 25.3 Å². The molecule has 0 spiro atoms. The van der Waals surface area contributed by atoms with E-state index in [-0.39, 0.29) is 36.1 Å². The monoisotopic (exact) mass is 382 g/mol. The SMILES string of the molecule is CC(C)(C)[C@H](N)C(=O)Nc1nc(CN2CCCCC2)cs1.Cl.Cl. The van der Waals surface area contributed by atoms with Gasteiger partial charge in [-0.1, -0.05) is 27.2 Å². The lowest BCUT2D eigenvalue weighted by molar-refractivity contribution is -0.119. The van der Waals surface area contributed by atoms with Gasteiger partial charge in [0.1, 0.15) is 0 Å². The van der Waals surface area contributed by atoms with Crippen LogP contribution in [0.1, 0.15) is 45.7 Å². The summed E-state index contributed by atoms with van der Waals surface area (Å²) in [7, 11) is 0. The number of hydrogen-bond donors (Lipinski definition) is 2.